The van der Waals surface area contributed by atoms with Crippen molar-refractivity contribution in [2.45, 2.75) is 122 Å². The van der Waals surface area contributed by atoms with Crippen LogP contribution in [0.4, 0.5) is 0 Å². The van der Waals surface area contributed by atoms with E-state index in [2.05, 4.69) is 89.0 Å². The van der Waals surface area contributed by atoms with Gasteiger partial charge in [0.05, 0.1) is 5.75 Å². The number of hydrogen-bond donors (Lipinski definition) is 0. The number of ether oxygens (including phenoxy) is 1. The van der Waals surface area contributed by atoms with Crippen LogP contribution < -0.4 is 0 Å². The minimum absolute atomic E-state index is 0.0636. The zero-order valence-electron chi connectivity index (χ0n) is 30.3. The molecule has 0 bridgehead atoms. The van der Waals surface area contributed by atoms with Crippen LogP contribution in [0.1, 0.15) is 116 Å². The number of carbonyl (C=O) groups excluding carboxylic acids is 1. The van der Waals surface area contributed by atoms with Gasteiger partial charge in [-0.25, -0.2) is 4.98 Å². The van der Waals surface area contributed by atoms with Crippen LogP contribution in [0.3, 0.4) is 0 Å². The molecular formula is C43H54INO4S. The van der Waals surface area contributed by atoms with Gasteiger partial charge in [-0.05, 0) is 99.0 Å². The molecule has 8 atom stereocenters. The van der Waals surface area contributed by atoms with Gasteiger partial charge in [-0.2, -0.15) is 0 Å². The fourth-order valence-corrected chi connectivity index (χ4v) is 11.5. The second-order valence-electron chi connectivity index (χ2n) is 16.1. The standard InChI is InChI=1S/C43H54INO4S/c1-6-28(2)26-37(49-44)48-43(24-21-35-33-18-17-32-25-29(3)19-22-41(32,4)34(33)20-23-42(35,43)5)36(46)27-50-40-45-38(30-13-9-7-10-14-30)39(47-40)31-15-11-8-12-16-31/h9,11,13-16,19,22,25,28,33-35,37H,3,6-8,10,12,17-18,20-21,23-24,26-27H2,1-2,4-5H3/t28?,33?,34?,35?,37?,41?,42?,43-/m0/s1. The van der Waals surface area contributed by atoms with E-state index in [0.717, 1.165) is 98.8 Å². The summed E-state index contributed by atoms with van der Waals surface area (Å²) in [6, 6.07) is 0. The molecule has 0 amide bonds. The average Bonchev–Trinajstić information content (AvgIpc) is 3.70. The molecule has 0 radical (unpaired) electrons. The first kappa shape index (κ1) is 36.4. The Bertz CT molecular complexity index is 1630. The van der Waals surface area contributed by atoms with Crippen LogP contribution in [0.2, 0.25) is 0 Å². The molecule has 0 saturated heterocycles. The lowest BCUT2D eigenvalue weighted by Crippen LogP contribution is -2.60. The fraction of sp³-hybridized carbons (Fsp3) is 0.581. The van der Waals surface area contributed by atoms with E-state index in [9.17, 15) is 0 Å². The van der Waals surface area contributed by atoms with Gasteiger partial charge in [0.2, 0.25) is 0 Å². The second kappa shape index (κ2) is 14.8. The van der Waals surface area contributed by atoms with E-state index in [0.29, 0.717) is 28.9 Å². The van der Waals surface area contributed by atoms with Crippen LogP contribution in [-0.2, 0) is 12.6 Å². The largest absolute Gasteiger partial charge is 0.431 e. The average molecular weight is 808 g/mol. The Kier molecular flexibility index (Phi) is 10.8. The summed E-state index contributed by atoms with van der Waals surface area (Å²) in [5.41, 5.74) is 4.56. The minimum Gasteiger partial charge on any atom is -0.431 e. The van der Waals surface area contributed by atoms with Gasteiger partial charge < -0.3 is 9.15 Å². The van der Waals surface area contributed by atoms with E-state index in [4.69, 9.17) is 17.2 Å². The molecule has 0 aromatic carbocycles. The van der Waals surface area contributed by atoms with Crippen molar-refractivity contribution in [1.82, 2.24) is 4.98 Å². The van der Waals surface area contributed by atoms with Crippen LogP contribution in [0.15, 0.2) is 82.0 Å². The van der Waals surface area contributed by atoms with E-state index in [1.165, 1.54) is 18.2 Å². The highest BCUT2D eigenvalue weighted by atomic mass is 127. The fourth-order valence-electron chi connectivity index (χ4n) is 10.4. The molecule has 1 aromatic heterocycles. The Labute approximate surface area is 318 Å². The number of halogens is 1. The van der Waals surface area contributed by atoms with E-state index < -0.39 is 11.9 Å². The molecule has 6 aliphatic rings. The van der Waals surface area contributed by atoms with Crippen molar-refractivity contribution in [3.05, 3.63) is 83.9 Å². The first-order chi connectivity index (χ1) is 24.1. The summed E-state index contributed by atoms with van der Waals surface area (Å²) in [5.74, 6) is 3.18. The van der Waals surface area contributed by atoms with Crippen molar-refractivity contribution in [3.8, 4) is 0 Å². The van der Waals surface area contributed by atoms with E-state index >= 15 is 4.79 Å². The van der Waals surface area contributed by atoms with Gasteiger partial charge in [-0.15, -0.1) is 0 Å². The number of allylic oxidation sites excluding steroid dienone is 13. The summed E-state index contributed by atoms with van der Waals surface area (Å²) in [7, 11) is 0. The third-order valence-corrected chi connectivity index (χ3v) is 14.8. The summed E-state index contributed by atoms with van der Waals surface area (Å²) in [5, 5.41) is 0.549. The number of aromatic nitrogens is 1. The van der Waals surface area contributed by atoms with Crippen molar-refractivity contribution in [1.29, 1.82) is 0 Å². The van der Waals surface area contributed by atoms with Gasteiger partial charge >= 0.3 is 0 Å². The van der Waals surface area contributed by atoms with Crippen LogP contribution in [-0.4, -0.2) is 28.4 Å². The Hall–Kier alpha value is -1.94. The molecule has 3 fully saturated rings. The van der Waals surface area contributed by atoms with Crippen LogP contribution >= 0.6 is 34.8 Å². The van der Waals surface area contributed by atoms with Gasteiger partial charge in [0.1, 0.15) is 34.3 Å². The Morgan fingerprint density at radius 1 is 1.06 bits per heavy atom. The molecule has 0 aliphatic heterocycles. The van der Waals surface area contributed by atoms with Crippen molar-refractivity contribution in [2.24, 2.45) is 34.5 Å². The Morgan fingerprint density at radius 2 is 1.80 bits per heavy atom. The molecule has 50 heavy (non-hydrogen) atoms. The molecule has 5 nitrogen and oxygen atoms in total. The third-order valence-electron chi connectivity index (χ3n) is 13.4. The SMILES string of the molecule is C=C1C=CC2(C)C(=C1)CCC1C2CCC2(C)C1CC[C@]2(OC(CC(C)CC)OI)C(=O)CSc1nc(C2=CCCC=C2)c(C2=CCCC=C2)o1. The molecule has 1 aromatic rings. The molecular weight excluding hydrogens is 753 g/mol. The number of rotatable bonds is 12. The van der Waals surface area contributed by atoms with Gasteiger partial charge in [0, 0.05) is 22.8 Å². The lowest BCUT2D eigenvalue weighted by molar-refractivity contribution is -0.218. The number of fused-ring (bicyclic) bond motifs is 5. The molecule has 0 N–H and O–H groups in total. The first-order valence-corrected chi connectivity index (χ1v) is 20.9. The molecule has 7 unspecified atom stereocenters. The summed E-state index contributed by atoms with van der Waals surface area (Å²) in [4.78, 5) is 20.1. The van der Waals surface area contributed by atoms with Crippen LogP contribution in [0.5, 0.6) is 0 Å². The summed E-state index contributed by atoms with van der Waals surface area (Å²) >= 11 is 3.42. The molecule has 7 rings (SSSR count). The lowest BCUT2D eigenvalue weighted by Gasteiger charge is -2.58. The zero-order valence-corrected chi connectivity index (χ0v) is 33.3. The lowest BCUT2D eigenvalue weighted by atomic mass is 9.47. The smallest absolute Gasteiger partial charge is 0.257 e. The van der Waals surface area contributed by atoms with E-state index in [1.54, 1.807) is 5.57 Å². The van der Waals surface area contributed by atoms with Gasteiger partial charge in [-0.3, -0.25) is 7.86 Å². The maximum atomic E-state index is 15.0. The van der Waals surface area contributed by atoms with E-state index in [-0.39, 0.29) is 22.4 Å². The number of carbonyl (C=O) groups is 1. The van der Waals surface area contributed by atoms with Gasteiger partial charge in [0.25, 0.3) is 5.22 Å². The van der Waals surface area contributed by atoms with Crippen molar-refractivity contribution in [2.75, 3.05) is 5.75 Å². The molecule has 0 spiro atoms. The number of oxazole rings is 1. The normalized spacial score (nSPS) is 34.3. The van der Waals surface area contributed by atoms with E-state index in [1.807, 2.05) is 23.0 Å². The molecule has 1 heterocycles. The maximum Gasteiger partial charge on any atom is 0.257 e. The highest BCUT2D eigenvalue weighted by Crippen LogP contribution is 2.68. The number of hydrogen-bond acceptors (Lipinski definition) is 6. The predicted octanol–water partition coefficient (Wildman–Crippen LogP) is 12.0. The molecule has 3 saturated carbocycles. The van der Waals surface area contributed by atoms with Crippen molar-refractivity contribution < 1.29 is 17.0 Å². The first-order valence-electron chi connectivity index (χ1n) is 19.1. The zero-order chi connectivity index (χ0) is 35.1. The Morgan fingerprint density at radius 3 is 2.50 bits per heavy atom. The maximum absolute atomic E-state index is 15.0. The number of Topliss-reactive ketones (excluding diaryl/α,β-unsaturated/α-hetero) is 1. The number of nitrogens with zero attached hydrogens (tertiary/aromatic N) is 1. The van der Waals surface area contributed by atoms with Crippen LogP contribution in [0, 0.1) is 34.5 Å². The quantitative estimate of drug-likeness (QED) is 0.119. The van der Waals surface area contributed by atoms with Gasteiger partial charge in [-0.1, -0.05) is 113 Å². The summed E-state index contributed by atoms with van der Waals surface area (Å²) < 4.78 is 19.7. The molecule has 7 heteroatoms. The molecule has 268 valence electrons. The van der Waals surface area contributed by atoms with Crippen molar-refractivity contribution >= 4 is 51.7 Å². The minimum atomic E-state index is -0.922. The van der Waals surface area contributed by atoms with Gasteiger partial charge in [0.15, 0.2) is 17.8 Å². The molecule has 6 aliphatic carbocycles. The predicted molar refractivity (Wildman–Crippen MR) is 212 cm³/mol. The highest BCUT2D eigenvalue weighted by Gasteiger charge is 2.67. The number of ketones is 1. The highest BCUT2D eigenvalue weighted by molar-refractivity contribution is 14.1. The summed E-state index contributed by atoms with van der Waals surface area (Å²) in [6.45, 7) is 13.5. The van der Waals surface area contributed by atoms with Crippen molar-refractivity contribution in [3.63, 3.8) is 0 Å². The van der Waals surface area contributed by atoms with Crippen LogP contribution in [0.25, 0.3) is 11.1 Å². The second-order valence-corrected chi connectivity index (χ2v) is 17.6. The Balaban J connectivity index is 1.19. The topological polar surface area (TPSA) is 61.6 Å². The summed E-state index contributed by atoms with van der Waals surface area (Å²) in [6.07, 6.45) is 31.7. The third kappa shape index (κ3) is 6.49. The number of thioether (sulfide) groups is 1. The monoisotopic (exact) mass is 807 g/mol.